The first-order valence-electron chi connectivity index (χ1n) is 13.0. The number of aliphatic hydroxyl groups excluding tert-OH is 1. The quantitative estimate of drug-likeness (QED) is 0.418. The summed E-state index contributed by atoms with van der Waals surface area (Å²) in [6, 6.07) is 5.28. The molecule has 1 fully saturated rings. The molecular weight excluding hydrogens is 458 g/mol. The lowest BCUT2D eigenvalue weighted by Crippen LogP contribution is -2.55. The maximum absolute atomic E-state index is 13.7. The molecule has 0 bridgehead atoms. The fourth-order valence-corrected chi connectivity index (χ4v) is 4.39. The first-order valence-corrected chi connectivity index (χ1v) is 13.0. The maximum atomic E-state index is 13.7. The van der Waals surface area contributed by atoms with Crippen LogP contribution in [0, 0.1) is 0 Å². The molecule has 200 valence electrons. The lowest BCUT2D eigenvalue weighted by atomic mass is 9.94. The number of carbonyl (C=O) groups excluding carboxylic acids is 3. The van der Waals surface area contributed by atoms with Gasteiger partial charge in [0.2, 0.25) is 11.8 Å². The number of unbranched alkanes of at least 4 members (excludes halogenated alkanes) is 1. The zero-order chi connectivity index (χ0) is 26.7. The zero-order valence-corrected chi connectivity index (χ0v) is 22.2. The van der Waals surface area contributed by atoms with E-state index < -0.39 is 36.3 Å². The Morgan fingerprint density at radius 2 is 1.92 bits per heavy atom. The molecule has 3 N–H and O–H groups in total. The molecule has 2 unspecified atom stereocenters. The fraction of sp³-hybridized carbons (Fsp3) is 0.607. The molecule has 2 rings (SSSR count). The Morgan fingerprint density at radius 1 is 1.22 bits per heavy atom. The molecule has 3 amide bonds. The van der Waals surface area contributed by atoms with E-state index >= 15 is 0 Å². The summed E-state index contributed by atoms with van der Waals surface area (Å²) in [5.41, 5.74) is 0.721. The number of rotatable bonds is 11. The molecular formula is C28H43N3O5. The van der Waals surface area contributed by atoms with E-state index in [4.69, 9.17) is 4.74 Å². The number of alkyl carbamates (subject to hydrolysis) is 1. The van der Waals surface area contributed by atoms with Gasteiger partial charge in [-0.2, -0.15) is 0 Å². The Labute approximate surface area is 215 Å². The molecule has 1 saturated carbocycles. The van der Waals surface area contributed by atoms with Crippen LogP contribution in [0.1, 0.15) is 89.8 Å². The van der Waals surface area contributed by atoms with Crippen LogP contribution in [-0.2, 0) is 14.3 Å². The Morgan fingerprint density at radius 3 is 2.50 bits per heavy atom. The number of benzene rings is 1. The number of ether oxygens (including phenoxy) is 1. The predicted molar refractivity (Wildman–Crippen MR) is 141 cm³/mol. The summed E-state index contributed by atoms with van der Waals surface area (Å²) in [4.78, 5) is 41.3. The monoisotopic (exact) mass is 501 g/mol. The van der Waals surface area contributed by atoms with Gasteiger partial charge in [0.25, 0.3) is 0 Å². The molecule has 0 spiro atoms. The Kier molecular flexibility index (Phi) is 11.4. The maximum Gasteiger partial charge on any atom is 0.408 e. The molecule has 1 aromatic carbocycles. The van der Waals surface area contributed by atoms with Crippen molar-refractivity contribution in [3.05, 3.63) is 42.0 Å². The Balaban J connectivity index is 2.41. The third kappa shape index (κ3) is 8.97. The number of nitrogens with one attached hydrogen (secondary N) is 2. The van der Waals surface area contributed by atoms with Crippen molar-refractivity contribution in [2.75, 3.05) is 13.2 Å². The molecule has 0 radical (unpaired) electrons. The van der Waals surface area contributed by atoms with Crippen LogP contribution >= 0.6 is 0 Å². The SMILES string of the molecule is C=Cc1cccc(C(C(=O)NC2CCCCC2)N(CCCC)C(=O)C(CO)NC(=O)OC(C)(C)C)c1. The molecule has 2 atom stereocenters. The summed E-state index contributed by atoms with van der Waals surface area (Å²) in [6.07, 6.45) is 7.45. The Bertz CT molecular complexity index is 889. The number of aliphatic hydroxyl groups is 1. The van der Waals surface area contributed by atoms with Gasteiger partial charge < -0.3 is 25.4 Å². The molecule has 0 aliphatic heterocycles. The van der Waals surface area contributed by atoms with Crippen molar-refractivity contribution in [3.63, 3.8) is 0 Å². The molecule has 8 heteroatoms. The van der Waals surface area contributed by atoms with Crippen molar-refractivity contribution in [2.45, 2.75) is 96.4 Å². The minimum Gasteiger partial charge on any atom is -0.444 e. The largest absolute Gasteiger partial charge is 0.444 e. The van der Waals surface area contributed by atoms with Crippen LogP contribution in [0.15, 0.2) is 30.8 Å². The first kappa shape index (κ1) is 29.4. The van der Waals surface area contributed by atoms with E-state index in [-0.39, 0.29) is 11.9 Å². The van der Waals surface area contributed by atoms with Gasteiger partial charge in [0.15, 0.2) is 0 Å². The number of hydrogen-bond donors (Lipinski definition) is 3. The minimum absolute atomic E-state index is 0.0630. The van der Waals surface area contributed by atoms with E-state index in [0.29, 0.717) is 18.5 Å². The van der Waals surface area contributed by atoms with Crippen LogP contribution in [-0.4, -0.2) is 58.8 Å². The highest BCUT2D eigenvalue weighted by Crippen LogP contribution is 2.26. The van der Waals surface area contributed by atoms with E-state index in [0.717, 1.165) is 44.1 Å². The summed E-state index contributed by atoms with van der Waals surface area (Å²) in [7, 11) is 0. The predicted octanol–water partition coefficient (Wildman–Crippen LogP) is 4.33. The number of hydrogen-bond acceptors (Lipinski definition) is 5. The smallest absolute Gasteiger partial charge is 0.408 e. The third-order valence-corrected chi connectivity index (χ3v) is 6.18. The van der Waals surface area contributed by atoms with Crippen LogP contribution in [0.3, 0.4) is 0 Å². The molecule has 1 aliphatic carbocycles. The van der Waals surface area contributed by atoms with Crippen molar-refractivity contribution >= 4 is 24.0 Å². The van der Waals surface area contributed by atoms with Crippen LogP contribution in [0.4, 0.5) is 4.79 Å². The van der Waals surface area contributed by atoms with Gasteiger partial charge >= 0.3 is 6.09 Å². The standard InChI is InChI=1S/C28H43N3O5/c1-6-8-17-31(26(34)23(19-32)30-27(35)36-28(3,4)5)24(21-14-12-13-20(7-2)18-21)25(33)29-22-15-10-9-11-16-22/h7,12-14,18,22-24,32H,2,6,8-11,15-17,19H2,1,3-5H3,(H,29,33)(H,30,35). The second-order valence-corrected chi connectivity index (χ2v) is 10.4. The lowest BCUT2D eigenvalue weighted by molar-refractivity contribution is -0.143. The number of carbonyl (C=O) groups is 3. The molecule has 0 saturated heterocycles. The van der Waals surface area contributed by atoms with Crippen molar-refractivity contribution in [3.8, 4) is 0 Å². The van der Waals surface area contributed by atoms with Gasteiger partial charge in [-0.25, -0.2) is 4.79 Å². The third-order valence-electron chi connectivity index (χ3n) is 6.18. The zero-order valence-electron chi connectivity index (χ0n) is 22.2. The summed E-state index contributed by atoms with van der Waals surface area (Å²) in [6.45, 7) is 10.7. The lowest BCUT2D eigenvalue weighted by Gasteiger charge is -2.35. The minimum atomic E-state index is -1.25. The van der Waals surface area contributed by atoms with Crippen molar-refractivity contribution in [2.24, 2.45) is 0 Å². The van der Waals surface area contributed by atoms with Gasteiger partial charge in [0.05, 0.1) is 6.61 Å². The van der Waals surface area contributed by atoms with E-state index in [1.807, 2.05) is 31.2 Å². The summed E-state index contributed by atoms with van der Waals surface area (Å²) in [5.74, 6) is -0.800. The van der Waals surface area contributed by atoms with Crippen LogP contribution in [0.2, 0.25) is 0 Å². The molecule has 0 heterocycles. The summed E-state index contributed by atoms with van der Waals surface area (Å²) >= 11 is 0. The van der Waals surface area contributed by atoms with Crippen LogP contribution in [0.5, 0.6) is 0 Å². The van der Waals surface area contributed by atoms with E-state index in [2.05, 4.69) is 17.2 Å². The summed E-state index contributed by atoms with van der Waals surface area (Å²) in [5, 5.41) is 15.7. The van der Waals surface area contributed by atoms with Crippen molar-refractivity contribution in [1.29, 1.82) is 0 Å². The second-order valence-electron chi connectivity index (χ2n) is 10.4. The van der Waals surface area contributed by atoms with Gasteiger partial charge in [-0.1, -0.05) is 63.5 Å². The van der Waals surface area contributed by atoms with Gasteiger partial charge in [-0.3, -0.25) is 9.59 Å². The Hall–Kier alpha value is -2.87. The number of nitrogens with zero attached hydrogens (tertiary/aromatic N) is 1. The van der Waals surface area contributed by atoms with Crippen molar-refractivity contribution in [1.82, 2.24) is 15.5 Å². The van der Waals surface area contributed by atoms with Gasteiger partial charge in [0, 0.05) is 12.6 Å². The molecule has 1 aliphatic rings. The van der Waals surface area contributed by atoms with Gasteiger partial charge in [0.1, 0.15) is 17.7 Å². The van der Waals surface area contributed by atoms with E-state index in [1.54, 1.807) is 26.8 Å². The number of amides is 3. The van der Waals surface area contributed by atoms with Crippen molar-refractivity contribution < 1.29 is 24.2 Å². The van der Waals surface area contributed by atoms with Crippen LogP contribution < -0.4 is 10.6 Å². The van der Waals surface area contributed by atoms with Gasteiger partial charge in [-0.15, -0.1) is 0 Å². The molecule has 8 nitrogen and oxygen atoms in total. The average molecular weight is 502 g/mol. The summed E-state index contributed by atoms with van der Waals surface area (Å²) < 4.78 is 5.28. The highest BCUT2D eigenvalue weighted by molar-refractivity contribution is 5.92. The highest BCUT2D eigenvalue weighted by Gasteiger charge is 2.36. The second kappa shape index (κ2) is 14.0. The molecule has 1 aromatic rings. The topological polar surface area (TPSA) is 108 Å². The first-order chi connectivity index (χ1) is 17.1. The van der Waals surface area contributed by atoms with E-state index in [1.165, 1.54) is 4.90 Å². The molecule has 36 heavy (non-hydrogen) atoms. The molecule has 0 aromatic heterocycles. The van der Waals surface area contributed by atoms with E-state index in [9.17, 15) is 19.5 Å². The van der Waals surface area contributed by atoms with Gasteiger partial charge in [-0.05, 0) is 57.2 Å². The average Bonchev–Trinajstić information content (AvgIpc) is 2.84. The van der Waals surface area contributed by atoms with Crippen LogP contribution in [0.25, 0.3) is 6.08 Å². The normalized spacial score (nSPS) is 15.9. The highest BCUT2D eigenvalue weighted by atomic mass is 16.6. The fourth-order valence-electron chi connectivity index (χ4n) is 4.39.